The second kappa shape index (κ2) is 32.0. The van der Waals surface area contributed by atoms with Gasteiger partial charge in [0.1, 0.15) is 0 Å². The Morgan fingerprint density at radius 1 is 0.556 bits per heavy atom. The van der Waals surface area contributed by atoms with Crippen LogP contribution in [0.5, 0.6) is 0 Å². The Kier molecular flexibility index (Phi) is 14.8. The summed E-state index contributed by atoms with van der Waals surface area (Å²) in [6, 6.07) is 0. The molecule has 270 valence electrons. The van der Waals surface area contributed by atoms with Gasteiger partial charge in [0.15, 0.2) is 0 Å². The van der Waals surface area contributed by atoms with Crippen molar-refractivity contribution in [3.63, 3.8) is 0 Å². The molecule has 0 spiro atoms. The van der Waals surface area contributed by atoms with Crippen molar-refractivity contribution in [2.24, 2.45) is 0 Å². The van der Waals surface area contributed by atoms with Gasteiger partial charge in [-0.3, -0.25) is 0 Å². The van der Waals surface area contributed by atoms with E-state index in [9.17, 15) is 0 Å². The summed E-state index contributed by atoms with van der Waals surface area (Å²) in [6.45, 7) is -14.8. The highest BCUT2D eigenvalue weighted by Crippen LogP contribution is 1.97. The Bertz CT molecular complexity index is 1360. The van der Waals surface area contributed by atoms with Crippen LogP contribution in [0.4, 0.5) is 0 Å². The minimum Gasteiger partial charge on any atom is -0.382 e. The zero-order chi connectivity index (χ0) is 49.7. The van der Waals surface area contributed by atoms with Crippen LogP contribution in [0.25, 0.3) is 0 Å². The molecule has 5 fully saturated rings. The third kappa shape index (κ3) is 25.1. The lowest BCUT2D eigenvalue weighted by Gasteiger charge is -2.22. The molecule has 5 heterocycles. The van der Waals surface area contributed by atoms with Crippen LogP contribution in [-0.2, 0) is 47.4 Å². The molecule has 15 nitrogen and oxygen atoms in total. The van der Waals surface area contributed by atoms with Gasteiger partial charge in [-0.2, -0.15) is 0 Å². The van der Waals surface area contributed by atoms with Crippen LogP contribution in [0.15, 0.2) is 0 Å². The maximum absolute atomic E-state index is 7.69. The molecule has 15 heteroatoms. The van der Waals surface area contributed by atoms with Gasteiger partial charge in [0.25, 0.3) is 0 Å². The van der Waals surface area contributed by atoms with Crippen molar-refractivity contribution in [3.8, 4) is 0 Å². The number of hydrogen-bond acceptors (Lipinski definition) is 15. The zero-order valence-electron chi connectivity index (χ0n) is 45.7. The second-order valence-electron chi connectivity index (χ2n) is 8.68. The largest absolute Gasteiger partial charge is 0.382 e. The highest BCUT2D eigenvalue weighted by atomic mass is 16.5. The first-order valence-corrected chi connectivity index (χ1v) is 14.1. The zero-order valence-corrected chi connectivity index (χ0v) is 26.7. The van der Waals surface area contributed by atoms with E-state index in [1.165, 1.54) is 14.2 Å². The third-order valence-electron chi connectivity index (χ3n) is 5.15. The lowest BCUT2D eigenvalue weighted by molar-refractivity contribution is -0.0188. The minimum absolute atomic E-state index is 0.267. The predicted octanol–water partition coefficient (Wildman–Crippen LogP) is -1.89. The fourth-order valence-corrected chi connectivity index (χ4v) is 3.28. The first kappa shape index (κ1) is 20.8. The van der Waals surface area contributed by atoms with Crippen LogP contribution in [0.2, 0.25) is 0 Å². The average molecular weight is 675 g/mol. The molecule has 0 amide bonds. The van der Waals surface area contributed by atoms with E-state index >= 15 is 0 Å². The summed E-state index contributed by atoms with van der Waals surface area (Å²) in [6.07, 6.45) is -6.54. The van der Waals surface area contributed by atoms with Gasteiger partial charge in [-0.25, -0.2) is 0 Å². The van der Waals surface area contributed by atoms with Crippen molar-refractivity contribution in [3.05, 3.63) is 0 Å². The summed E-state index contributed by atoms with van der Waals surface area (Å²) >= 11 is 0. The van der Waals surface area contributed by atoms with E-state index in [-0.39, 0.29) is 6.10 Å². The molecule has 0 aromatic rings. The van der Waals surface area contributed by atoms with Gasteiger partial charge in [-0.15, -0.1) is 0 Å². The number of nitrogens with one attached hydrogen (secondary N) is 5. The van der Waals surface area contributed by atoms with Crippen LogP contribution in [0, 0.1) is 0 Å². The molecule has 5 atom stereocenters. The lowest BCUT2D eigenvalue weighted by Crippen LogP contribution is -2.40. The fourth-order valence-electron chi connectivity index (χ4n) is 3.28. The molecular formula is C30H65N5O10. The lowest BCUT2D eigenvalue weighted by atomic mass is 10.3. The molecule has 0 aliphatic carbocycles. The van der Waals surface area contributed by atoms with Gasteiger partial charge in [0, 0.05) is 112 Å². The van der Waals surface area contributed by atoms with Crippen molar-refractivity contribution in [2.45, 2.75) is 30.4 Å². The van der Waals surface area contributed by atoms with E-state index in [1.54, 1.807) is 24.9 Å². The van der Waals surface area contributed by atoms with Crippen LogP contribution in [0.1, 0.15) is 26.0 Å². The van der Waals surface area contributed by atoms with Gasteiger partial charge in [-0.05, 0) is 0 Å². The van der Waals surface area contributed by atoms with E-state index in [1.807, 2.05) is 0 Å². The topological polar surface area (TPSA) is 152 Å². The Hall–Kier alpha value is -0.600. The SMILES string of the molecule is COCC1CNCCO1.[2H]C([2H])(OC)C1CNCCO1.[2H]C1(COC)CNCCO1.[2H]C1([2H])NC([2H])([2H])C([2H])(C([2H])([2H])OC)OC1([2H])[2H].[2H]C1([2H])NC([2H])([2H])C([2H])(COC)OC1([2H])[2H]. The van der Waals surface area contributed by atoms with E-state index in [4.69, 9.17) is 49.7 Å². The summed E-state index contributed by atoms with van der Waals surface area (Å²) < 4.78 is 189. The number of morpholine rings is 5. The smallest absolute Gasteiger partial charge is 0.0932 e. The normalized spacial score (nSPS) is 46.8. The average Bonchev–Trinajstić information content (AvgIpc) is 3.18. The molecule has 5 aliphatic heterocycles. The van der Waals surface area contributed by atoms with Crippen LogP contribution >= 0.6 is 0 Å². The first-order chi connectivity index (χ1) is 29.1. The molecule has 5 N–H and O–H groups in total. The summed E-state index contributed by atoms with van der Waals surface area (Å²) in [5.74, 6) is 0. The summed E-state index contributed by atoms with van der Waals surface area (Å²) in [7, 11) is 6.70. The summed E-state index contributed by atoms with van der Waals surface area (Å²) in [5, 5.41) is 12.7. The summed E-state index contributed by atoms with van der Waals surface area (Å²) in [4.78, 5) is 0. The Morgan fingerprint density at radius 3 is 1.58 bits per heavy atom. The number of rotatable bonds is 10. The molecule has 0 aromatic carbocycles. The molecule has 0 radical (unpaired) electrons. The number of methoxy groups -OCH3 is 5. The second-order valence-corrected chi connectivity index (χ2v) is 8.68. The molecule has 5 saturated heterocycles. The molecule has 0 bridgehead atoms. The Morgan fingerprint density at radius 2 is 1.07 bits per heavy atom. The fraction of sp³-hybridized carbons (Fsp3) is 1.00. The van der Waals surface area contributed by atoms with Gasteiger partial charge >= 0.3 is 0 Å². The maximum atomic E-state index is 7.69. The minimum atomic E-state index is -3.12. The van der Waals surface area contributed by atoms with Gasteiger partial charge in [0.05, 0.1) is 111 Å². The predicted molar refractivity (Wildman–Crippen MR) is 172 cm³/mol. The van der Waals surface area contributed by atoms with Crippen molar-refractivity contribution in [1.82, 2.24) is 26.6 Å². The Labute approximate surface area is 298 Å². The number of hydrogen-bond donors (Lipinski definition) is 5. The maximum Gasteiger partial charge on any atom is 0.0932 e. The Balaban J connectivity index is 0.000000410. The molecule has 5 rings (SSSR count). The van der Waals surface area contributed by atoms with Crippen molar-refractivity contribution in [1.29, 1.82) is 0 Å². The van der Waals surface area contributed by atoms with E-state index in [0.717, 1.165) is 39.9 Å². The standard InChI is InChI=1S/5C6H13NO2/c5*1-8-5-6-4-7-2-3-9-6/h5*6-7H,2-5H2,1H3/i2D2,3D2,4D2,5D2,6D;2D2,3D2,4D2,6D;6D;5D2;. The van der Waals surface area contributed by atoms with Crippen molar-refractivity contribution >= 4 is 0 Å². The number of ether oxygens (including phenoxy) is 10. The molecule has 0 saturated carbocycles. The van der Waals surface area contributed by atoms with E-state index in [0.29, 0.717) is 39.5 Å². The van der Waals surface area contributed by atoms with E-state index in [2.05, 4.69) is 39.6 Å². The van der Waals surface area contributed by atoms with Gasteiger partial charge < -0.3 is 74.0 Å². The van der Waals surface area contributed by atoms with E-state index < -0.39 is 83.2 Å². The molecule has 5 unspecified atom stereocenters. The van der Waals surface area contributed by atoms with Gasteiger partial charge in [0.2, 0.25) is 0 Å². The first-order valence-electron chi connectivity index (χ1n) is 23.6. The van der Waals surface area contributed by atoms with Crippen LogP contribution in [-0.4, -0.2) is 197 Å². The van der Waals surface area contributed by atoms with Crippen LogP contribution < -0.4 is 26.6 Å². The quantitative estimate of drug-likeness (QED) is 0.175. The monoisotopic (exact) mass is 675 g/mol. The highest BCUT2D eigenvalue weighted by Gasteiger charge is 2.14. The summed E-state index contributed by atoms with van der Waals surface area (Å²) in [5.41, 5.74) is 0. The third-order valence-corrected chi connectivity index (χ3v) is 5.15. The van der Waals surface area contributed by atoms with Crippen molar-refractivity contribution in [2.75, 3.05) is 167 Å². The van der Waals surface area contributed by atoms with Crippen molar-refractivity contribution < 1.29 is 73.4 Å². The van der Waals surface area contributed by atoms with Gasteiger partial charge in [-0.1, -0.05) is 0 Å². The molecule has 0 aromatic heterocycles. The molecule has 45 heavy (non-hydrogen) atoms. The van der Waals surface area contributed by atoms with Crippen LogP contribution in [0.3, 0.4) is 0 Å². The highest BCUT2D eigenvalue weighted by molar-refractivity contribution is 4.68. The molecular weight excluding hydrogens is 590 g/mol. The molecule has 5 aliphatic rings.